The van der Waals surface area contributed by atoms with Gasteiger partial charge in [0.1, 0.15) is 12.7 Å². The molecule has 0 bridgehead atoms. The molecule has 6 nitrogen and oxygen atoms in total. The molecule has 1 N–H and O–H groups in total. The molecule has 25 heavy (non-hydrogen) atoms. The highest BCUT2D eigenvalue weighted by atomic mass is 16.5. The van der Waals surface area contributed by atoms with E-state index in [4.69, 9.17) is 9.47 Å². The standard InChI is InChI=1S/C19H22N4O2/c1-14(16-5-7-17(8-6-16)23-13-20-12-22-23)21-11-15-4-9-18(24-2)19(10-15)25-3/h4-10,12-14,21H,11H2,1-3H3. The Labute approximate surface area is 147 Å². The number of nitrogens with one attached hydrogen (secondary N) is 1. The molecule has 2 aromatic carbocycles. The second-order valence-electron chi connectivity index (χ2n) is 5.72. The largest absolute Gasteiger partial charge is 0.493 e. The summed E-state index contributed by atoms with van der Waals surface area (Å²) in [6.45, 7) is 2.89. The number of rotatable bonds is 7. The highest BCUT2D eigenvalue weighted by Crippen LogP contribution is 2.27. The molecule has 0 amide bonds. The third-order valence-electron chi connectivity index (χ3n) is 4.14. The second kappa shape index (κ2) is 7.81. The molecule has 0 fully saturated rings. The van der Waals surface area contributed by atoms with E-state index in [0.29, 0.717) is 0 Å². The minimum atomic E-state index is 0.220. The van der Waals surface area contributed by atoms with Gasteiger partial charge in [0.15, 0.2) is 11.5 Å². The highest BCUT2D eigenvalue weighted by Gasteiger charge is 2.08. The maximum Gasteiger partial charge on any atom is 0.161 e. The van der Waals surface area contributed by atoms with E-state index >= 15 is 0 Å². The van der Waals surface area contributed by atoms with E-state index in [2.05, 4.69) is 34.5 Å². The molecule has 0 radical (unpaired) electrons. The predicted molar refractivity (Wildman–Crippen MR) is 96.2 cm³/mol. The summed E-state index contributed by atoms with van der Waals surface area (Å²) in [5, 5.41) is 7.66. The molecule has 0 aliphatic heterocycles. The first-order valence-electron chi connectivity index (χ1n) is 8.10. The maximum absolute atomic E-state index is 5.35. The lowest BCUT2D eigenvalue weighted by atomic mass is 10.1. The Bertz CT molecular complexity index is 801. The van der Waals surface area contributed by atoms with E-state index in [-0.39, 0.29) is 6.04 Å². The van der Waals surface area contributed by atoms with Gasteiger partial charge in [-0.15, -0.1) is 0 Å². The molecule has 1 atom stereocenters. The van der Waals surface area contributed by atoms with Crippen molar-refractivity contribution in [3.8, 4) is 17.2 Å². The van der Waals surface area contributed by atoms with Gasteiger partial charge in [0, 0.05) is 12.6 Å². The fourth-order valence-corrected chi connectivity index (χ4v) is 2.64. The number of aromatic nitrogens is 3. The van der Waals surface area contributed by atoms with E-state index < -0.39 is 0 Å². The topological polar surface area (TPSA) is 61.2 Å². The Kier molecular flexibility index (Phi) is 5.30. The summed E-state index contributed by atoms with van der Waals surface area (Å²) < 4.78 is 12.4. The van der Waals surface area contributed by atoms with Crippen molar-refractivity contribution in [3.63, 3.8) is 0 Å². The van der Waals surface area contributed by atoms with Crippen LogP contribution < -0.4 is 14.8 Å². The molecule has 1 unspecified atom stereocenters. The fraction of sp³-hybridized carbons (Fsp3) is 0.263. The van der Waals surface area contributed by atoms with E-state index in [1.165, 1.54) is 11.9 Å². The van der Waals surface area contributed by atoms with Crippen LogP contribution in [0, 0.1) is 0 Å². The third-order valence-corrected chi connectivity index (χ3v) is 4.14. The van der Waals surface area contributed by atoms with Crippen LogP contribution in [-0.2, 0) is 6.54 Å². The smallest absolute Gasteiger partial charge is 0.161 e. The zero-order valence-electron chi connectivity index (χ0n) is 14.6. The Morgan fingerprint density at radius 3 is 2.44 bits per heavy atom. The van der Waals surface area contributed by atoms with Gasteiger partial charge in [0.05, 0.1) is 19.9 Å². The van der Waals surface area contributed by atoms with Gasteiger partial charge >= 0.3 is 0 Å². The summed E-state index contributed by atoms with van der Waals surface area (Å²) in [5.41, 5.74) is 3.35. The first-order valence-corrected chi connectivity index (χ1v) is 8.10. The average Bonchev–Trinajstić information content (AvgIpc) is 3.20. The van der Waals surface area contributed by atoms with Crippen molar-refractivity contribution in [2.75, 3.05) is 14.2 Å². The molecule has 3 aromatic rings. The summed E-state index contributed by atoms with van der Waals surface area (Å²) in [6.07, 6.45) is 3.22. The number of methoxy groups -OCH3 is 2. The van der Waals surface area contributed by atoms with Gasteiger partial charge in [-0.2, -0.15) is 5.10 Å². The molecule has 0 spiro atoms. The second-order valence-corrected chi connectivity index (χ2v) is 5.72. The Hall–Kier alpha value is -2.86. The van der Waals surface area contributed by atoms with Crippen molar-refractivity contribution in [3.05, 3.63) is 66.2 Å². The lowest BCUT2D eigenvalue weighted by Gasteiger charge is -2.16. The maximum atomic E-state index is 5.35. The van der Waals surface area contributed by atoms with Crippen molar-refractivity contribution in [2.24, 2.45) is 0 Å². The Morgan fingerprint density at radius 1 is 1.04 bits per heavy atom. The molecule has 3 rings (SSSR count). The van der Waals surface area contributed by atoms with Crippen molar-refractivity contribution >= 4 is 0 Å². The van der Waals surface area contributed by atoms with E-state index in [9.17, 15) is 0 Å². The first kappa shape index (κ1) is 17.0. The monoisotopic (exact) mass is 338 g/mol. The molecule has 0 aliphatic rings. The van der Waals surface area contributed by atoms with Crippen LogP contribution >= 0.6 is 0 Å². The minimum Gasteiger partial charge on any atom is -0.493 e. The van der Waals surface area contributed by atoms with E-state index in [1.807, 2.05) is 30.3 Å². The molecule has 1 heterocycles. The Morgan fingerprint density at radius 2 is 1.80 bits per heavy atom. The van der Waals surface area contributed by atoms with E-state index in [0.717, 1.165) is 29.3 Å². The van der Waals surface area contributed by atoms with Crippen LogP contribution in [0.2, 0.25) is 0 Å². The van der Waals surface area contributed by atoms with Gasteiger partial charge in [0.25, 0.3) is 0 Å². The predicted octanol–water partition coefficient (Wildman–Crippen LogP) is 3.14. The summed E-state index contributed by atoms with van der Waals surface area (Å²) in [5.74, 6) is 1.48. The van der Waals surface area contributed by atoms with Crippen LogP contribution in [0.4, 0.5) is 0 Å². The number of hydrogen-bond acceptors (Lipinski definition) is 5. The number of hydrogen-bond donors (Lipinski definition) is 1. The molecule has 130 valence electrons. The van der Waals surface area contributed by atoms with Gasteiger partial charge in [-0.1, -0.05) is 18.2 Å². The van der Waals surface area contributed by atoms with Crippen LogP contribution in [0.25, 0.3) is 5.69 Å². The number of ether oxygens (including phenoxy) is 2. The summed E-state index contributed by atoms with van der Waals surface area (Å²) in [4.78, 5) is 3.97. The first-order chi connectivity index (χ1) is 12.2. The lowest BCUT2D eigenvalue weighted by molar-refractivity contribution is 0.354. The van der Waals surface area contributed by atoms with E-state index in [1.54, 1.807) is 25.2 Å². The van der Waals surface area contributed by atoms with Crippen LogP contribution in [0.15, 0.2) is 55.1 Å². The lowest BCUT2D eigenvalue weighted by Crippen LogP contribution is -2.18. The summed E-state index contributed by atoms with van der Waals surface area (Å²) >= 11 is 0. The van der Waals surface area contributed by atoms with Crippen molar-refractivity contribution in [1.82, 2.24) is 20.1 Å². The van der Waals surface area contributed by atoms with Gasteiger partial charge in [-0.3, -0.25) is 0 Å². The van der Waals surface area contributed by atoms with Crippen molar-refractivity contribution in [1.29, 1.82) is 0 Å². The van der Waals surface area contributed by atoms with Gasteiger partial charge in [-0.25, -0.2) is 9.67 Å². The van der Waals surface area contributed by atoms with Gasteiger partial charge in [-0.05, 0) is 42.3 Å². The van der Waals surface area contributed by atoms with Gasteiger partial charge < -0.3 is 14.8 Å². The molecule has 1 aromatic heterocycles. The normalized spacial score (nSPS) is 12.0. The molecule has 0 saturated carbocycles. The molecule has 0 saturated heterocycles. The molecular weight excluding hydrogens is 316 g/mol. The van der Waals surface area contributed by atoms with Crippen LogP contribution in [-0.4, -0.2) is 29.0 Å². The molecule has 0 aliphatic carbocycles. The number of benzene rings is 2. The zero-order chi connectivity index (χ0) is 17.6. The van der Waals surface area contributed by atoms with Crippen molar-refractivity contribution < 1.29 is 9.47 Å². The highest BCUT2D eigenvalue weighted by molar-refractivity contribution is 5.43. The average molecular weight is 338 g/mol. The quantitative estimate of drug-likeness (QED) is 0.717. The van der Waals surface area contributed by atoms with Crippen LogP contribution in [0.1, 0.15) is 24.1 Å². The van der Waals surface area contributed by atoms with Crippen LogP contribution in [0.3, 0.4) is 0 Å². The van der Waals surface area contributed by atoms with Crippen molar-refractivity contribution in [2.45, 2.75) is 19.5 Å². The third kappa shape index (κ3) is 3.97. The fourth-order valence-electron chi connectivity index (χ4n) is 2.64. The zero-order valence-corrected chi connectivity index (χ0v) is 14.6. The minimum absolute atomic E-state index is 0.220. The summed E-state index contributed by atoms with van der Waals surface area (Å²) in [6, 6.07) is 14.5. The van der Waals surface area contributed by atoms with Crippen LogP contribution in [0.5, 0.6) is 11.5 Å². The van der Waals surface area contributed by atoms with Gasteiger partial charge in [0.2, 0.25) is 0 Å². The SMILES string of the molecule is COc1ccc(CNC(C)c2ccc(-n3cncn3)cc2)cc1OC. The Balaban J connectivity index is 1.63. The summed E-state index contributed by atoms with van der Waals surface area (Å²) in [7, 11) is 3.29. The number of nitrogens with zero attached hydrogens (tertiary/aromatic N) is 3. The molecule has 6 heteroatoms. The molecular formula is C19H22N4O2.